The van der Waals surface area contributed by atoms with Gasteiger partial charge in [-0.2, -0.15) is 0 Å². The van der Waals surface area contributed by atoms with E-state index in [4.69, 9.17) is 5.11 Å². The van der Waals surface area contributed by atoms with Gasteiger partial charge in [0.1, 0.15) is 0 Å². The first-order valence-corrected chi connectivity index (χ1v) is 6.14. The number of hydrogen-bond donors (Lipinski definition) is 1. The van der Waals surface area contributed by atoms with Gasteiger partial charge in [0, 0.05) is 0 Å². The molecule has 0 bridgehead atoms. The first kappa shape index (κ1) is 15.2. The topological polar surface area (TPSA) is 20.2 Å². The van der Waals surface area contributed by atoms with Gasteiger partial charge in [0.25, 0.3) is 0 Å². The van der Waals surface area contributed by atoms with Gasteiger partial charge in [0.2, 0.25) is 0 Å². The molecule has 1 N–H and O–H groups in total. The molecule has 0 heterocycles. The molecule has 0 aromatic heterocycles. The van der Waals surface area contributed by atoms with Crippen molar-refractivity contribution in [2.45, 2.75) is 46.5 Å². The van der Waals surface area contributed by atoms with Crippen LogP contribution in [0.3, 0.4) is 0 Å². The molecule has 0 saturated heterocycles. The largest absolute Gasteiger partial charge is 0.392 e. The van der Waals surface area contributed by atoms with Crippen LogP contribution in [-0.4, -0.2) is 11.7 Å². The maximum atomic E-state index is 8.96. The number of aliphatic hydroxyl groups excluding tert-OH is 1. The van der Waals surface area contributed by atoms with Gasteiger partial charge in [0.15, 0.2) is 0 Å². The van der Waals surface area contributed by atoms with E-state index in [1.807, 2.05) is 12.2 Å². The van der Waals surface area contributed by atoms with Gasteiger partial charge in [-0.25, -0.2) is 0 Å². The minimum atomic E-state index is 0.159. The van der Waals surface area contributed by atoms with Crippen LogP contribution in [0.4, 0.5) is 0 Å². The number of aliphatic hydroxyl groups is 1. The molecule has 0 aromatic carbocycles. The fourth-order valence-corrected chi connectivity index (χ4v) is 1.54. The molecule has 1 unspecified atom stereocenters. The number of allylic oxidation sites excluding steroid dienone is 4. The van der Waals surface area contributed by atoms with Gasteiger partial charge in [-0.3, -0.25) is 0 Å². The Morgan fingerprint density at radius 1 is 1.25 bits per heavy atom. The maximum Gasteiger partial charge on any atom is 0.0615 e. The standard InChI is InChI=1S/C15H26O/c1-5-14(4)9-10-15(11-12-16)8-6-7-13(2)3/h5,7,11,14,16H,1,6,8-10,12H2,2-4H3/b15-11-. The van der Waals surface area contributed by atoms with Crippen LogP contribution in [0, 0.1) is 5.92 Å². The molecule has 0 aromatic rings. The molecule has 1 heteroatoms. The van der Waals surface area contributed by atoms with Gasteiger partial charge < -0.3 is 5.11 Å². The second kappa shape index (κ2) is 9.41. The zero-order valence-electron chi connectivity index (χ0n) is 11.0. The highest BCUT2D eigenvalue weighted by molar-refractivity contribution is 5.05. The molecule has 16 heavy (non-hydrogen) atoms. The predicted octanol–water partition coefficient (Wildman–Crippen LogP) is 4.25. The van der Waals surface area contributed by atoms with Crippen molar-refractivity contribution < 1.29 is 5.11 Å². The summed E-state index contributed by atoms with van der Waals surface area (Å²) in [5.41, 5.74) is 2.73. The normalized spacial score (nSPS) is 13.4. The molecule has 0 aliphatic rings. The van der Waals surface area contributed by atoms with Crippen LogP contribution in [0.5, 0.6) is 0 Å². The molecule has 1 atom stereocenters. The quantitative estimate of drug-likeness (QED) is 0.609. The molecule has 92 valence electrons. The van der Waals surface area contributed by atoms with E-state index in [1.54, 1.807) is 0 Å². The van der Waals surface area contributed by atoms with E-state index >= 15 is 0 Å². The summed E-state index contributed by atoms with van der Waals surface area (Å²) in [5, 5.41) is 8.96. The minimum absolute atomic E-state index is 0.159. The summed E-state index contributed by atoms with van der Waals surface area (Å²) in [6.07, 6.45) is 10.5. The van der Waals surface area contributed by atoms with E-state index in [1.165, 1.54) is 11.1 Å². The Bertz CT molecular complexity index is 244. The fraction of sp³-hybridized carbons (Fsp3) is 0.600. The monoisotopic (exact) mass is 222 g/mol. The van der Waals surface area contributed by atoms with Crippen LogP contribution >= 0.6 is 0 Å². The van der Waals surface area contributed by atoms with Crippen LogP contribution in [-0.2, 0) is 0 Å². The van der Waals surface area contributed by atoms with Gasteiger partial charge in [-0.1, -0.05) is 36.3 Å². The van der Waals surface area contributed by atoms with Gasteiger partial charge in [-0.15, -0.1) is 6.58 Å². The Morgan fingerprint density at radius 3 is 2.44 bits per heavy atom. The second-order valence-electron chi connectivity index (χ2n) is 4.62. The van der Waals surface area contributed by atoms with Gasteiger partial charge in [-0.05, 0) is 45.4 Å². The summed E-state index contributed by atoms with van der Waals surface area (Å²) in [6.45, 7) is 10.4. The van der Waals surface area contributed by atoms with Crippen LogP contribution < -0.4 is 0 Å². The Kier molecular flexibility index (Phi) is 8.93. The summed E-state index contributed by atoms with van der Waals surface area (Å²) in [7, 11) is 0. The molecule has 0 rings (SSSR count). The molecule has 0 radical (unpaired) electrons. The van der Waals surface area contributed by atoms with Crippen LogP contribution in [0.15, 0.2) is 36.0 Å². The van der Waals surface area contributed by atoms with Crippen molar-refractivity contribution in [3.8, 4) is 0 Å². The molecule has 0 saturated carbocycles. The lowest BCUT2D eigenvalue weighted by Gasteiger charge is -2.09. The summed E-state index contributed by atoms with van der Waals surface area (Å²) in [5.74, 6) is 0.561. The third kappa shape index (κ3) is 8.49. The Labute approximate surface area is 101 Å². The number of rotatable bonds is 8. The van der Waals surface area contributed by atoms with E-state index in [2.05, 4.69) is 33.4 Å². The SMILES string of the molecule is C=CC(C)CC/C(=C\CO)CCC=C(C)C. The van der Waals surface area contributed by atoms with E-state index in [0.29, 0.717) is 5.92 Å². The smallest absolute Gasteiger partial charge is 0.0615 e. The molecule has 0 aliphatic carbocycles. The van der Waals surface area contributed by atoms with Crippen molar-refractivity contribution in [1.82, 2.24) is 0 Å². The third-order valence-corrected chi connectivity index (χ3v) is 2.72. The van der Waals surface area contributed by atoms with Crippen molar-refractivity contribution in [3.05, 3.63) is 36.0 Å². The average molecular weight is 222 g/mol. The zero-order chi connectivity index (χ0) is 12.4. The summed E-state index contributed by atoms with van der Waals surface area (Å²) < 4.78 is 0. The van der Waals surface area contributed by atoms with Crippen molar-refractivity contribution in [3.63, 3.8) is 0 Å². The highest BCUT2D eigenvalue weighted by Crippen LogP contribution is 2.17. The van der Waals surface area contributed by atoms with Gasteiger partial charge >= 0.3 is 0 Å². The molecule has 0 aliphatic heterocycles. The van der Waals surface area contributed by atoms with Crippen molar-refractivity contribution in [2.24, 2.45) is 5.92 Å². The molecular formula is C15H26O. The maximum absolute atomic E-state index is 8.96. The van der Waals surface area contributed by atoms with Crippen molar-refractivity contribution >= 4 is 0 Å². The van der Waals surface area contributed by atoms with Gasteiger partial charge in [0.05, 0.1) is 6.61 Å². The third-order valence-electron chi connectivity index (χ3n) is 2.72. The Balaban J connectivity index is 4.03. The zero-order valence-corrected chi connectivity index (χ0v) is 11.0. The lowest BCUT2D eigenvalue weighted by molar-refractivity contribution is 0.341. The van der Waals surface area contributed by atoms with Crippen LogP contribution in [0.1, 0.15) is 46.5 Å². The molecule has 0 amide bonds. The van der Waals surface area contributed by atoms with E-state index < -0.39 is 0 Å². The van der Waals surface area contributed by atoms with Crippen molar-refractivity contribution in [2.75, 3.05) is 6.61 Å². The fourth-order valence-electron chi connectivity index (χ4n) is 1.54. The Hall–Kier alpha value is -0.820. The van der Waals surface area contributed by atoms with Crippen LogP contribution in [0.25, 0.3) is 0 Å². The highest BCUT2D eigenvalue weighted by Gasteiger charge is 2.00. The second-order valence-corrected chi connectivity index (χ2v) is 4.62. The van der Waals surface area contributed by atoms with E-state index in [9.17, 15) is 0 Å². The number of hydrogen-bond acceptors (Lipinski definition) is 1. The van der Waals surface area contributed by atoms with Crippen molar-refractivity contribution in [1.29, 1.82) is 0 Å². The first-order chi connectivity index (χ1) is 7.60. The molecular weight excluding hydrogens is 196 g/mol. The summed E-state index contributed by atoms with van der Waals surface area (Å²) in [6, 6.07) is 0. The average Bonchev–Trinajstić information content (AvgIpc) is 2.24. The first-order valence-electron chi connectivity index (χ1n) is 6.14. The van der Waals surface area contributed by atoms with E-state index in [-0.39, 0.29) is 6.61 Å². The van der Waals surface area contributed by atoms with Crippen LogP contribution in [0.2, 0.25) is 0 Å². The Morgan fingerprint density at radius 2 is 1.94 bits per heavy atom. The lowest BCUT2D eigenvalue weighted by Crippen LogP contribution is -1.93. The summed E-state index contributed by atoms with van der Waals surface area (Å²) in [4.78, 5) is 0. The van der Waals surface area contributed by atoms with E-state index in [0.717, 1.165) is 25.7 Å². The predicted molar refractivity (Wildman–Crippen MR) is 72.4 cm³/mol. The molecule has 1 nitrogen and oxygen atoms in total. The highest BCUT2D eigenvalue weighted by atomic mass is 16.2. The lowest BCUT2D eigenvalue weighted by atomic mass is 9.98. The summed E-state index contributed by atoms with van der Waals surface area (Å²) >= 11 is 0. The molecule has 0 spiro atoms. The minimum Gasteiger partial charge on any atom is -0.392 e. The molecule has 0 fully saturated rings.